The van der Waals surface area contributed by atoms with E-state index in [0.717, 1.165) is 11.3 Å². The Morgan fingerprint density at radius 3 is 2.86 bits per heavy atom. The molecule has 1 aliphatic rings. The number of carboxylic acid groups (broad SMARTS) is 1. The van der Waals surface area contributed by atoms with E-state index in [2.05, 4.69) is 10.3 Å². The first kappa shape index (κ1) is 16.4. The Kier molecular flexibility index (Phi) is 5.12. The van der Waals surface area contributed by atoms with Crippen LogP contribution in [-0.2, 0) is 9.59 Å². The van der Waals surface area contributed by atoms with Crippen molar-refractivity contribution in [2.75, 3.05) is 11.9 Å². The van der Waals surface area contributed by atoms with Gasteiger partial charge >= 0.3 is 5.97 Å². The summed E-state index contributed by atoms with van der Waals surface area (Å²) < 4.78 is 0. The minimum Gasteiger partial charge on any atom is -0.480 e. The van der Waals surface area contributed by atoms with Crippen molar-refractivity contribution in [2.45, 2.75) is 39.2 Å². The molecule has 2 heterocycles. The van der Waals surface area contributed by atoms with Gasteiger partial charge in [0.2, 0.25) is 5.91 Å². The number of likely N-dealkylation sites (tertiary alicyclic amines) is 1. The minimum atomic E-state index is -0.994. The first-order valence-electron chi connectivity index (χ1n) is 7.17. The molecule has 2 rings (SSSR count). The summed E-state index contributed by atoms with van der Waals surface area (Å²) in [4.78, 5) is 40.6. The second-order valence-corrected chi connectivity index (χ2v) is 6.54. The van der Waals surface area contributed by atoms with Crippen LogP contribution in [0.1, 0.15) is 43.6 Å². The SMILES string of the molecule is CC(C)CC(=O)Nc1nc(C(=O)N2CCCC2C(=O)O)cs1. The van der Waals surface area contributed by atoms with Gasteiger partial charge in [-0.2, -0.15) is 0 Å². The van der Waals surface area contributed by atoms with Crippen LogP contribution in [0.5, 0.6) is 0 Å². The molecular formula is C14H19N3O4S. The number of nitrogens with one attached hydrogen (secondary N) is 1. The lowest BCUT2D eigenvalue weighted by Crippen LogP contribution is -2.40. The smallest absolute Gasteiger partial charge is 0.326 e. The molecule has 0 spiro atoms. The van der Waals surface area contributed by atoms with Crippen molar-refractivity contribution in [1.82, 2.24) is 9.88 Å². The van der Waals surface area contributed by atoms with Crippen LogP contribution < -0.4 is 5.32 Å². The van der Waals surface area contributed by atoms with E-state index in [9.17, 15) is 14.4 Å². The van der Waals surface area contributed by atoms with Crippen molar-refractivity contribution >= 4 is 34.3 Å². The summed E-state index contributed by atoms with van der Waals surface area (Å²) in [6.45, 7) is 4.30. The van der Waals surface area contributed by atoms with Crippen LogP contribution in [0, 0.1) is 5.92 Å². The maximum atomic E-state index is 12.3. The molecule has 1 saturated heterocycles. The van der Waals surface area contributed by atoms with Gasteiger partial charge in [0.05, 0.1) is 0 Å². The molecule has 22 heavy (non-hydrogen) atoms. The molecule has 1 fully saturated rings. The summed E-state index contributed by atoms with van der Waals surface area (Å²) in [5, 5.41) is 13.7. The van der Waals surface area contributed by atoms with E-state index < -0.39 is 17.9 Å². The van der Waals surface area contributed by atoms with Crippen LogP contribution in [-0.4, -0.2) is 45.4 Å². The topological polar surface area (TPSA) is 99.6 Å². The Labute approximate surface area is 132 Å². The number of rotatable bonds is 5. The summed E-state index contributed by atoms with van der Waals surface area (Å²) in [6, 6.07) is -0.784. The quantitative estimate of drug-likeness (QED) is 0.860. The summed E-state index contributed by atoms with van der Waals surface area (Å²) in [5.41, 5.74) is 0.179. The zero-order valence-corrected chi connectivity index (χ0v) is 13.4. The summed E-state index contributed by atoms with van der Waals surface area (Å²) in [5.74, 6) is -1.30. The Hall–Kier alpha value is -1.96. The largest absolute Gasteiger partial charge is 0.480 e. The van der Waals surface area contributed by atoms with Crippen molar-refractivity contribution in [3.05, 3.63) is 11.1 Å². The number of carbonyl (C=O) groups excluding carboxylic acids is 2. The van der Waals surface area contributed by atoms with E-state index >= 15 is 0 Å². The Morgan fingerprint density at radius 2 is 2.23 bits per heavy atom. The molecule has 2 amide bonds. The van der Waals surface area contributed by atoms with Gasteiger partial charge in [-0.3, -0.25) is 9.59 Å². The highest BCUT2D eigenvalue weighted by Gasteiger charge is 2.35. The third-order valence-electron chi connectivity index (χ3n) is 3.36. The van der Waals surface area contributed by atoms with Crippen LogP contribution in [0.25, 0.3) is 0 Å². The number of hydrogen-bond donors (Lipinski definition) is 2. The van der Waals surface area contributed by atoms with E-state index in [1.165, 1.54) is 4.90 Å². The number of carboxylic acids is 1. The maximum absolute atomic E-state index is 12.3. The fourth-order valence-electron chi connectivity index (χ4n) is 2.38. The second-order valence-electron chi connectivity index (χ2n) is 5.68. The summed E-state index contributed by atoms with van der Waals surface area (Å²) >= 11 is 1.16. The van der Waals surface area contributed by atoms with Crippen molar-refractivity contribution < 1.29 is 19.5 Å². The molecule has 1 aromatic heterocycles. The molecule has 0 aliphatic carbocycles. The number of nitrogens with zero attached hydrogens (tertiary/aromatic N) is 2. The van der Waals surface area contributed by atoms with E-state index in [0.29, 0.717) is 30.9 Å². The second kappa shape index (κ2) is 6.87. The van der Waals surface area contributed by atoms with Gasteiger partial charge < -0.3 is 15.3 Å². The first-order valence-corrected chi connectivity index (χ1v) is 8.05. The lowest BCUT2D eigenvalue weighted by atomic mass is 10.1. The molecule has 120 valence electrons. The predicted octanol–water partition coefficient (Wildman–Crippen LogP) is 1.82. The van der Waals surface area contributed by atoms with Gasteiger partial charge in [0.1, 0.15) is 11.7 Å². The molecule has 0 saturated carbocycles. The van der Waals surface area contributed by atoms with Crippen LogP contribution in [0.4, 0.5) is 5.13 Å². The molecule has 1 aromatic rings. The number of hydrogen-bond acceptors (Lipinski definition) is 5. The average molecular weight is 325 g/mol. The molecular weight excluding hydrogens is 306 g/mol. The molecule has 1 unspecified atom stereocenters. The third-order valence-corrected chi connectivity index (χ3v) is 4.12. The number of aliphatic carboxylic acids is 1. The maximum Gasteiger partial charge on any atom is 0.326 e. The first-order chi connectivity index (χ1) is 10.4. The van der Waals surface area contributed by atoms with Crippen molar-refractivity contribution in [2.24, 2.45) is 5.92 Å². The monoisotopic (exact) mass is 325 g/mol. The Balaban J connectivity index is 2.03. The molecule has 0 radical (unpaired) electrons. The van der Waals surface area contributed by atoms with E-state index in [1.54, 1.807) is 5.38 Å². The highest BCUT2D eigenvalue weighted by molar-refractivity contribution is 7.14. The third kappa shape index (κ3) is 3.82. The number of carbonyl (C=O) groups is 3. The molecule has 0 aromatic carbocycles. The highest BCUT2D eigenvalue weighted by Crippen LogP contribution is 2.23. The zero-order chi connectivity index (χ0) is 16.3. The highest BCUT2D eigenvalue weighted by atomic mass is 32.1. The van der Waals surface area contributed by atoms with Gasteiger partial charge in [0, 0.05) is 18.3 Å². The number of aromatic nitrogens is 1. The molecule has 1 aliphatic heterocycles. The van der Waals surface area contributed by atoms with E-state index in [1.807, 2.05) is 13.8 Å². The zero-order valence-electron chi connectivity index (χ0n) is 12.5. The van der Waals surface area contributed by atoms with Gasteiger partial charge in [0.25, 0.3) is 5.91 Å². The van der Waals surface area contributed by atoms with Crippen LogP contribution in [0.3, 0.4) is 0 Å². The molecule has 1 atom stereocenters. The molecule has 8 heteroatoms. The fourth-order valence-corrected chi connectivity index (χ4v) is 3.08. The van der Waals surface area contributed by atoms with Gasteiger partial charge in [-0.15, -0.1) is 11.3 Å². The van der Waals surface area contributed by atoms with Gasteiger partial charge in [-0.1, -0.05) is 13.8 Å². The number of thiazole rings is 1. The van der Waals surface area contributed by atoms with Crippen LogP contribution in [0.15, 0.2) is 5.38 Å². The van der Waals surface area contributed by atoms with Gasteiger partial charge in [0.15, 0.2) is 5.13 Å². The average Bonchev–Trinajstić information content (AvgIpc) is 3.04. The summed E-state index contributed by atoms with van der Waals surface area (Å²) in [6.07, 6.45) is 1.52. The Morgan fingerprint density at radius 1 is 1.50 bits per heavy atom. The van der Waals surface area contributed by atoms with Gasteiger partial charge in [-0.05, 0) is 18.8 Å². The van der Waals surface area contributed by atoms with Crippen LogP contribution >= 0.6 is 11.3 Å². The van der Waals surface area contributed by atoms with Gasteiger partial charge in [-0.25, -0.2) is 9.78 Å². The lowest BCUT2D eigenvalue weighted by Gasteiger charge is -2.20. The van der Waals surface area contributed by atoms with E-state index in [4.69, 9.17) is 5.11 Å². The molecule has 2 N–H and O–H groups in total. The fraction of sp³-hybridized carbons (Fsp3) is 0.571. The van der Waals surface area contributed by atoms with Crippen molar-refractivity contribution in [3.63, 3.8) is 0 Å². The lowest BCUT2D eigenvalue weighted by molar-refractivity contribution is -0.141. The molecule has 7 nitrogen and oxygen atoms in total. The Bertz CT molecular complexity index is 584. The molecule has 0 bridgehead atoms. The van der Waals surface area contributed by atoms with Crippen molar-refractivity contribution in [1.29, 1.82) is 0 Å². The predicted molar refractivity (Wildman–Crippen MR) is 81.9 cm³/mol. The van der Waals surface area contributed by atoms with Crippen LogP contribution in [0.2, 0.25) is 0 Å². The van der Waals surface area contributed by atoms with E-state index in [-0.39, 0.29) is 17.5 Å². The van der Waals surface area contributed by atoms with Crippen molar-refractivity contribution in [3.8, 4) is 0 Å². The summed E-state index contributed by atoms with van der Waals surface area (Å²) in [7, 11) is 0. The number of amides is 2. The normalized spacial score (nSPS) is 17.8. The number of anilines is 1. The standard InChI is InChI=1S/C14H19N3O4S/c1-8(2)6-11(18)16-14-15-9(7-22-14)12(19)17-5-3-4-10(17)13(20)21/h7-8,10H,3-6H2,1-2H3,(H,20,21)(H,15,16,18). The minimum absolute atomic E-state index is 0.145.